The summed E-state index contributed by atoms with van der Waals surface area (Å²) in [6.07, 6.45) is 1.94. The molecule has 0 atom stereocenters. The molecule has 1 aromatic rings. The van der Waals surface area contributed by atoms with Gasteiger partial charge < -0.3 is 5.11 Å². The van der Waals surface area contributed by atoms with E-state index in [2.05, 4.69) is 12.2 Å². The Bertz CT molecular complexity index is 285. The molecular formula is C10H14N2O2. The first-order chi connectivity index (χ1) is 6.77. The molecule has 0 aliphatic heterocycles. The maximum atomic E-state index is 10.5. The average molecular weight is 194 g/mol. The van der Waals surface area contributed by atoms with Crippen molar-refractivity contribution in [2.24, 2.45) is 5.29 Å². The van der Waals surface area contributed by atoms with Crippen LogP contribution in [0.25, 0.3) is 0 Å². The summed E-state index contributed by atoms with van der Waals surface area (Å²) in [7, 11) is 0. The number of hydrogen-bond donors (Lipinski definition) is 1. The lowest BCUT2D eigenvalue weighted by atomic mass is 10.2. The van der Waals surface area contributed by atoms with Crippen LogP contribution in [0.1, 0.15) is 19.8 Å². The molecule has 4 heteroatoms. The van der Waals surface area contributed by atoms with Gasteiger partial charge in [0, 0.05) is 6.54 Å². The van der Waals surface area contributed by atoms with Crippen LogP contribution in [0, 0.1) is 4.91 Å². The molecule has 0 radical (unpaired) electrons. The third-order valence-electron chi connectivity index (χ3n) is 1.97. The fraction of sp³-hybridized carbons (Fsp3) is 0.400. The maximum absolute atomic E-state index is 10.5. The normalized spacial score (nSPS) is 9.79. The van der Waals surface area contributed by atoms with Crippen LogP contribution in [0.5, 0.6) is 5.75 Å². The number of nitroso groups, excluding NO2 is 1. The number of benzene rings is 1. The van der Waals surface area contributed by atoms with Crippen molar-refractivity contribution >= 4 is 5.69 Å². The Hall–Kier alpha value is -1.58. The highest BCUT2D eigenvalue weighted by Crippen LogP contribution is 2.18. The van der Waals surface area contributed by atoms with E-state index in [4.69, 9.17) is 5.11 Å². The van der Waals surface area contributed by atoms with Crippen molar-refractivity contribution in [2.45, 2.75) is 19.8 Å². The van der Waals surface area contributed by atoms with Gasteiger partial charge in [-0.3, -0.25) is 0 Å². The Labute approximate surface area is 83.1 Å². The summed E-state index contributed by atoms with van der Waals surface area (Å²) in [5.74, 6) is 0.190. The number of anilines is 1. The zero-order chi connectivity index (χ0) is 10.4. The van der Waals surface area contributed by atoms with Crippen LogP contribution in [0.3, 0.4) is 0 Å². The largest absolute Gasteiger partial charge is 0.508 e. The maximum Gasteiger partial charge on any atom is 0.115 e. The topological polar surface area (TPSA) is 52.9 Å². The summed E-state index contributed by atoms with van der Waals surface area (Å²) < 4.78 is 0. The van der Waals surface area contributed by atoms with Gasteiger partial charge in [-0.1, -0.05) is 13.3 Å². The highest BCUT2D eigenvalue weighted by molar-refractivity contribution is 5.47. The monoisotopic (exact) mass is 194 g/mol. The average Bonchev–Trinajstić information content (AvgIpc) is 2.21. The minimum absolute atomic E-state index is 0.190. The molecule has 0 bridgehead atoms. The first kappa shape index (κ1) is 10.5. The Kier molecular flexibility index (Phi) is 3.91. The van der Waals surface area contributed by atoms with Crippen molar-refractivity contribution in [1.82, 2.24) is 0 Å². The van der Waals surface area contributed by atoms with Gasteiger partial charge in [0.25, 0.3) is 0 Å². The number of nitrogens with zero attached hydrogens (tertiary/aromatic N) is 2. The fourth-order valence-electron chi connectivity index (χ4n) is 1.15. The first-order valence-electron chi connectivity index (χ1n) is 4.67. The SMILES string of the molecule is CCCCN(N=O)c1ccc(O)cc1. The van der Waals surface area contributed by atoms with E-state index in [0.717, 1.165) is 12.8 Å². The lowest BCUT2D eigenvalue weighted by Gasteiger charge is -2.14. The summed E-state index contributed by atoms with van der Waals surface area (Å²) >= 11 is 0. The van der Waals surface area contributed by atoms with E-state index in [9.17, 15) is 4.91 Å². The van der Waals surface area contributed by atoms with Gasteiger partial charge in [0.05, 0.1) is 11.0 Å². The zero-order valence-corrected chi connectivity index (χ0v) is 8.18. The Morgan fingerprint density at radius 1 is 1.36 bits per heavy atom. The highest BCUT2D eigenvalue weighted by atomic mass is 16.3. The van der Waals surface area contributed by atoms with Gasteiger partial charge >= 0.3 is 0 Å². The number of hydrogen-bond acceptors (Lipinski definition) is 3. The molecule has 1 aromatic carbocycles. The molecule has 0 saturated heterocycles. The number of phenols is 1. The van der Waals surface area contributed by atoms with Crippen molar-refractivity contribution in [3.05, 3.63) is 29.2 Å². The van der Waals surface area contributed by atoms with Crippen molar-refractivity contribution in [3.8, 4) is 5.75 Å². The van der Waals surface area contributed by atoms with E-state index in [0.29, 0.717) is 12.2 Å². The summed E-state index contributed by atoms with van der Waals surface area (Å²) in [5.41, 5.74) is 0.714. The van der Waals surface area contributed by atoms with Gasteiger partial charge in [-0.05, 0) is 30.7 Å². The second-order valence-electron chi connectivity index (χ2n) is 3.07. The van der Waals surface area contributed by atoms with E-state index >= 15 is 0 Å². The number of phenolic OH excluding ortho intramolecular Hbond substituents is 1. The van der Waals surface area contributed by atoms with Gasteiger partial charge in [-0.25, -0.2) is 5.01 Å². The van der Waals surface area contributed by atoms with E-state index in [1.807, 2.05) is 0 Å². The summed E-state index contributed by atoms with van der Waals surface area (Å²) in [4.78, 5) is 10.5. The van der Waals surface area contributed by atoms with Crippen LogP contribution >= 0.6 is 0 Å². The van der Waals surface area contributed by atoms with Crippen molar-refractivity contribution in [2.75, 3.05) is 11.6 Å². The van der Waals surface area contributed by atoms with E-state index in [-0.39, 0.29) is 5.75 Å². The lowest BCUT2D eigenvalue weighted by molar-refractivity contribution is 0.475. The van der Waals surface area contributed by atoms with Crippen LogP contribution in [-0.4, -0.2) is 11.7 Å². The third-order valence-corrected chi connectivity index (χ3v) is 1.97. The van der Waals surface area contributed by atoms with Gasteiger partial charge in [-0.2, -0.15) is 0 Å². The second kappa shape index (κ2) is 5.21. The molecule has 0 aromatic heterocycles. The van der Waals surface area contributed by atoms with Crippen LogP contribution in [0.4, 0.5) is 5.69 Å². The Balaban J connectivity index is 2.68. The van der Waals surface area contributed by atoms with Crippen LogP contribution in [0.15, 0.2) is 29.6 Å². The Morgan fingerprint density at radius 2 is 2.00 bits per heavy atom. The molecule has 14 heavy (non-hydrogen) atoms. The molecule has 0 saturated carbocycles. The minimum atomic E-state index is 0.190. The standard InChI is InChI=1S/C10H14N2O2/c1-2-3-8-12(11-14)9-4-6-10(13)7-5-9/h4-7,13H,2-3,8H2,1H3. The quantitative estimate of drug-likeness (QED) is 0.579. The summed E-state index contributed by atoms with van der Waals surface area (Å²) in [5, 5.41) is 13.4. The first-order valence-corrected chi connectivity index (χ1v) is 4.67. The van der Waals surface area contributed by atoms with Gasteiger partial charge in [0.2, 0.25) is 0 Å². The summed E-state index contributed by atoms with van der Waals surface area (Å²) in [6.45, 7) is 2.67. The number of rotatable bonds is 5. The molecule has 1 N–H and O–H groups in total. The van der Waals surface area contributed by atoms with Gasteiger partial charge in [0.1, 0.15) is 5.75 Å². The summed E-state index contributed by atoms with van der Waals surface area (Å²) in [6, 6.07) is 6.43. The minimum Gasteiger partial charge on any atom is -0.508 e. The lowest BCUT2D eigenvalue weighted by Crippen LogP contribution is -2.16. The fourth-order valence-corrected chi connectivity index (χ4v) is 1.15. The third kappa shape index (κ3) is 2.73. The molecule has 0 heterocycles. The molecule has 0 aliphatic rings. The Morgan fingerprint density at radius 3 is 2.50 bits per heavy atom. The smallest absolute Gasteiger partial charge is 0.115 e. The zero-order valence-electron chi connectivity index (χ0n) is 8.18. The molecule has 0 unspecified atom stereocenters. The second-order valence-corrected chi connectivity index (χ2v) is 3.07. The molecule has 76 valence electrons. The number of unbranched alkanes of at least 4 members (excludes halogenated alkanes) is 1. The molecule has 1 rings (SSSR count). The van der Waals surface area contributed by atoms with E-state index in [1.165, 1.54) is 5.01 Å². The van der Waals surface area contributed by atoms with Crippen molar-refractivity contribution in [3.63, 3.8) is 0 Å². The molecular weight excluding hydrogens is 180 g/mol. The van der Waals surface area contributed by atoms with E-state index in [1.54, 1.807) is 24.3 Å². The van der Waals surface area contributed by atoms with Crippen LogP contribution < -0.4 is 5.01 Å². The molecule has 0 fully saturated rings. The van der Waals surface area contributed by atoms with Crippen molar-refractivity contribution in [1.29, 1.82) is 0 Å². The van der Waals surface area contributed by atoms with Crippen molar-refractivity contribution < 1.29 is 5.11 Å². The van der Waals surface area contributed by atoms with Gasteiger partial charge in [-0.15, -0.1) is 4.91 Å². The highest BCUT2D eigenvalue weighted by Gasteiger charge is 2.04. The van der Waals surface area contributed by atoms with E-state index < -0.39 is 0 Å². The molecule has 0 spiro atoms. The predicted octanol–water partition coefficient (Wildman–Crippen LogP) is 2.68. The van der Waals surface area contributed by atoms with Crippen LogP contribution in [0.2, 0.25) is 0 Å². The molecule has 4 nitrogen and oxygen atoms in total. The molecule has 0 aliphatic carbocycles. The molecule has 0 amide bonds. The number of aromatic hydroxyl groups is 1. The van der Waals surface area contributed by atoms with Gasteiger partial charge in [0.15, 0.2) is 0 Å². The predicted molar refractivity (Wildman–Crippen MR) is 56.2 cm³/mol. The van der Waals surface area contributed by atoms with Crippen LogP contribution in [-0.2, 0) is 0 Å².